The van der Waals surface area contributed by atoms with Crippen molar-refractivity contribution in [2.45, 2.75) is 100 Å². The van der Waals surface area contributed by atoms with Crippen LogP contribution in [0.1, 0.15) is 62.5 Å². The van der Waals surface area contributed by atoms with Crippen LogP contribution < -0.4 is 44.2 Å². The third-order valence-corrected chi connectivity index (χ3v) is 11.7. The molecule has 2 aromatic carbocycles. The van der Waals surface area contributed by atoms with E-state index >= 15 is 0 Å². The van der Waals surface area contributed by atoms with Crippen LogP contribution >= 0.6 is 48.0 Å². The normalized spacial score (nSPS) is 16.8. The Hall–Kier alpha value is -5.70. The van der Waals surface area contributed by atoms with Crippen LogP contribution in [-0.4, -0.2) is 143 Å². The van der Waals surface area contributed by atoms with Gasteiger partial charge in [0, 0.05) is 39.0 Å². The van der Waals surface area contributed by atoms with Gasteiger partial charge in [-0.05, 0) is 62.5 Å². The highest BCUT2D eigenvalue weighted by Gasteiger charge is 2.41. The van der Waals surface area contributed by atoms with Gasteiger partial charge in [-0.3, -0.25) is 48.3 Å². The number of nitrogens with zero attached hydrogens (tertiary/aromatic N) is 4. The summed E-state index contributed by atoms with van der Waals surface area (Å²) in [5.74, 6) is -6.72. The number of aliphatic imine (C=N–C) groups is 2. The van der Waals surface area contributed by atoms with E-state index in [1.807, 2.05) is 0 Å². The molecule has 0 spiro atoms. The summed E-state index contributed by atoms with van der Waals surface area (Å²) in [4.78, 5) is 120. The molecule has 0 unspecified atom stereocenters. The number of alkyl halides is 2. The fraction of sp³-hybridized carbons (Fsp3) is 0.500. The number of likely N-dealkylation sites (tertiary alicyclic amines) is 2. The lowest BCUT2D eigenvalue weighted by Gasteiger charge is -2.30. The summed E-state index contributed by atoms with van der Waals surface area (Å²) in [6.07, 6.45) is 2.40. The average molecular weight is 1030 g/mol. The predicted molar refractivity (Wildman–Crippen MR) is 263 cm³/mol. The zero-order chi connectivity index (χ0) is 48.2. The van der Waals surface area contributed by atoms with E-state index in [1.54, 1.807) is 60.7 Å². The number of Topliss-reactive ketones (excluding diaryl/α,β-unsaturated/α-hetero) is 2. The van der Waals surface area contributed by atoms with Gasteiger partial charge in [-0.25, -0.2) is 0 Å². The lowest BCUT2D eigenvalue weighted by molar-refractivity contribution is -0.146. The van der Waals surface area contributed by atoms with Crippen molar-refractivity contribution in [2.24, 2.45) is 32.9 Å². The number of nitrogens with one attached hydrogen (secondary N) is 4. The number of ketones is 2. The highest BCUT2D eigenvalue weighted by Crippen LogP contribution is 2.22. The first-order valence-electron chi connectivity index (χ1n) is 21.8. The number of guanidine groups is 2. The van der Waals surface area contributed by atoms with Crippen LogP contribution in [0.15, 0.2) is 70.6 Å². The minimum Gasteiger partial charge on any atom is -0.370 e. The second-order valence-electron chi connectivity index (χ2n) is 16.0. The molecule has 0 saturated carbocycles. The van der Waals surface area contributed by atoms with E-state index in [1.165, 1.54) is 9.80 Å². The summed E-state index contributed by atoms with van der Waals surface area (Å²) < 4.78 is 0. The van der Waals surface area contributed by atoms with E-state index in [-0.39, 0.29) is 113 Å². The van der Waals surface area contributed by atoms with Crippen molar-refractivity contribution < 1.29 is 38.4 Å². The topological polar surface area (TPSA) is 320 Å². The number of nitrogens with two attached hydrogens (primary N) is 4. The lowest BCUT2D eigenvalue weighted by Crippen LogP contribution is -2.59. The zero-order valence-electron chi connectivity index (χ0n) is 37.5. The molecule has 20 nitrogen and oxygen atoms in total. The van der Waals surface area contributed by atoms with Crippen LogP contribution in [0.3, 0.4) is 0 Å². The van der Waals surface area contributed by atoms with Crippen molar-refractivity contribution in [1.82, 2.24) is 31.1 Å². The number of halogens is 4. The molecular formula is C44H62Cl4N12O8. The quantitative estimate of drug-likeness (QED) is 0.0226. The fourth-order valence-corrected chi connectivity index (χ4v) is 8.28. The van der Waals surface area contributed by atoms with Gasteiger partial charge >= 0.3 is 11.8 Å². The number of amides is 6. The van der Waals surface area contributed by atoms with Crippen LogP contribution in [0, 0.1) is 0 Å². The molecule has 0 bridgehead atoms. The molecule has 4 rings (SSSR count). The number of rotatable bonds is 24. The molecule has 2 fully saturated rings. The maximum absolute atomic E-state index is 14.4. The molecule has 2 aromatic rings. The molecule has 68 heavy (non-hydrogen) atoms. The summed E-state index contributed by atoms with van der Waals surface area (Å²) >= 11 is 11.7. The Labute approximate surface area is 417 Å². The maximum atomic E-state index is 14.4. The number of carbonyl (C=O) groups is 8. The largest absolute Gasteiger partial charge is 0.370 e. The smallest absolute Gasteiger partial charge is 0.309 e. The van der Waals surface area contributed by atoms with Gasteiger partial charge in [0.05, 0.1) is 23.8 Å². The Morgan fingerprint density at radius 3 is 1.24 bits per heavy atom. The van der Waals surface area contributed by atoms with Gasteiger partial charge in [-0.15, -0.1) is 48.0 Å². The van der Waals surface area contributed by atoms with Crippen LogP contribution in [0.2, 0.25) is 0 Å². The second-order valence-corrected chi connectivity index (χ2v) is 16.6. The standard InChI is InChI=1S/C44H60Cl2N12O8.2ClH/c45-25-35(59)29(15-7-19-51-43(47)48)53-37(61)33-17-9-21-57(33)41(65)31(23-27-11-3-1-4-12-27)55-39(63)40(64)56-32(24-28-13-5-2-6-14-28)42(66)58-22-10-18-34(58)38(62)54-30(36(60)26-46)16-8-20-52-44(49)50;;/h1-6,11-14,29-34H,7-10,15-26H2,(H,53,61)(H,54,62)(H,55,63)(H,56,64)(H4,47,48,51)(H4,49,50,52);2*1H/t29-,30-,31+,32+,33-,34-;;/m0../s1. The average Bonchev–Trinajstić information content (AvgIpc) is 4.01. The number of hydrogen-bond donors (Lipinski definition) is 8. The molecule has 2 saturated heterocycles. The maximum Gasteiger partial charge on any atom is 0.309 e. The first-order chi connectivity index (χ1) is 31.6. The third-order valence-electron chi connectivity index (χ3n) is 11.2. The van der Waals surface area contributed by atoms with Crippen LogP contribution in [0.4, 0.5) is 0 Å². The van der Waals surface area contributed by atoms with E-state index in [9.17, 15) is 38.4 Å². The molecule has 12 N–H and O–H groups in total. The zero-order valence-corrected chi connectivity index (χ0v) is 40.6. The van der Waals surface area contributed by atoms with Crippen molar-refractivity contribution in [3.63, 3.8) is 0 Å². The first-order valence-corrected chi connectivity index (χ1v) is 22.9. The molecule has 2 heterocycles. The number of benzene rings is 2. The monoisotopic (exact) mass is 1030 g/mol. The molecule has 6 amide bonds. The van der Waals surface area contributed by atoms with Crippen molar-refractivity contribution in [3.05, 3.63) is 71.8 Å². The Balaban J connectivity index is 0.00000793. The van der Waals surface area contributed by atoms with Crippen molar-refractivity contribution >= 4 is 107 Å². The van der Waals surface area contributed by atoms with Gasteiger partial charge in [0.15, 0.2) is 23.5 Å². The molecular weight excluding hydrogens is 966 g/mol. The Bertz CT molecular complexity index is 1930. The summed E-state index contributed by atoms with van der Waals surface area (Å²) in [7, 11) is 0. The van der Waals surface area contributed by atoms with Gasteiger partial charge in [0.25, 0.3) is 0 Å². The minimum absolute atomic E-state index is 0. The van der Waals surface area contributed by atoms with Crippen LogP contribution in [0.25, 0.3) is 0 Å². The Kier molecular flexibility index (Phi) is 25.7. The summed E-state index contributed by atoms with van der Waals surface area (Å²) in [5.41, 5.74) is 22.9. The van der Waals surface area contributed by atoms with E-state index in [4.69, 9.17) is 46.1 Å². The van der Waals surface area contributed by atoms with Gasteiger partial charge in [-0.1, -0.05) is 60.7 Å². The van der Waals surface area contributed by atoms with E-state index in [0.717, 1.165) is 0 Å². The van der Waals surface area contributed by atoms with E-state index < -0.39 is 83.3 Å². The molecule has 24 heteroatoms. The predicted octanol–water partition coefficient (Wildman–Crippen LogP) is -0.0404. The van der Waals surface area contributed by atoms with Gasteiger partial charge in [0.1, 0.15) is 24.2 Å². The summed E-state index contributed by atoms with van der Waals surface area (Å²) in [6, 6.07) is 10.9. The van der Waals surface area contributed by atoms with Crippen molar-refractivity contribution in [2.75, 3.05) is 37.9 Å². The van der Waals surface area contributed by atoms with Crippen molar-refractivity contribution in [3.8, 4) is 0 Å². The van der Waals surface area contributed by atoms with Crippen LogP contribution in [-0.2, 0) is 51.2 Å². The van der Waals surface area contributed by atoms with Gasteiger partial charge < -0.3 is 54.0 Å². The van der Waals surface area contributed by atoms with Gasteiger partial charge in [0.2, 0.25) is 23.6 Å². The molecule has 0 radical (unpaired) electrons. The van der Waals surface area contributed by atoms with Gasteiger partial charge in [-0.2, -0.15) is 0 Å². The van der Waals surface area contributed by atoms with Crippen molar-refractivity contribution in [1.29, 1.82) is 0 Å². The first kappa shape index (κ1) is 58.4. The highest BCUT2D eigenvalue weighted by atomic mass is 35.5. The lowest BCUT2D eigenvalue weighted by atomic mass is 10.0. The van der Waals surface area contributed by atoms with Crippen LogP contribution in [0.5, 0.6) is 0 Å². The number of hydrogen-bond acceptors (Lipinski definition) is 10. The molecule has 2 aliphatic rings. The highest BCUT2D eigenvalue weighted by molar-refractivity contribution is 6.36. The molecule has 0 aromatic heterocycles. The molecule has 0 aliphatic carbocycles. The second kappa shape index (κ2) is 29.9. The van der Waals surface area contributed by atoms with E-state index in [2.05, 4.69) is 31.3 Å². The molecule has 6 atom stereocenters. The molecule has 374 valence electrons. The SMILES string of the molecule is Cl.Cl.NC(N)=NCCC[C@H](NC(=O)[C@@H]1CCCN1C(=O)[C@@H](Cc1ccccc1)NC(=O)C(=O)N[C@H](Cc1ccccc1)C(=O)N1CCC[C@H]1C(=O)N[C@@H](CCCN=C(N)N)C(=O)CCl)C(=O)CCl. The van der Waals surface area contributed by atoms with E-state index in [0.29, 0.717) is 36.8 Å². The Morgan fingerprint density at radius 2 is 0.912 bits per heavy atom. The third kappa shape index (κ3) is 18.1. The summed E-state index contributed by atoms with van der Waals surface area (Å²) in [5, 5.41) is 10.5. The molecule has 2 aliphatic heterocycles. The Morgan fingerprint density at radius 1 is 0.559 bits per heavy atom. The fourth-order valence-electron chi connectivity index (χ4n) is 7.91. The number of carbonyl (C=O) groups excluding carboxylic acids is 8. The summed E-state index contributed by atoms with van der Waals surface area (Å²) in [6.45, 7) is 0.736. The minimum atomic E-state index is -1.34.